The van der Waals surface area contributed by atoms with Gasteiger partial charge in [-0.2, -0.15) is 4.31 Å². The number of nitrogens with zero attached hydrogens (tertiary/aromatic N) is 2. The summed E-state index contributed by atoms with van der Waals surface area (Å²) in [6.07, 6.45) is 6.50. The standard InChI is InChI=1S/C21H35N3O6S/c1-21(2,3)30-20(27)22-17(14-8-6-5-7-9-14)19(26)23-11-10-16-18(23)15(13-25)12-24(16)31(4,28)29/h13-18H,5-12H2,1-4H3,(H,22,27)/t15-,16-,17+,18-/m1/s1. The first-order chi connectivity index (χ1) is 14.4. The van der Waals surface area contributed by atoms with Crippen LogP contribution in [0.1, 0.15) is 59.3 Å². The predicted molar refractivity (Wildman–Crippen MR) is 115 cm³/mol. The smallest absolute Gasteiger partial charge is 0.408 e. The van der Waals surface area contributed by atoms with Crippen LogP contribution in [0.2, 0.25) is 0 Å². The van der Waals surface area contributed by atoms with Crippen molar-refractivity contribution < 1.29 is 27.5 Å². The molecule has 1 N–H and O–H groups in total. The second-order valence-electron chi connectivity index (χ2n) is 10.0. The number of rotatable bonds is 5. The van der Waals surface area contributed by atoms with E-state index in [9.17, 15) is 22.8 Å². The molecule has 2 saturated heterocycles. The summed E-state index contributed by atoms with van der Waals surface area (Å²) >= 11 is 0. The average molecular weight is 458 g/mol. The fourth-order valence-corrected chi connectivity index (χ4v) is 6.47. The van der Waals surface area contributed by atoms with E-state index in [4.69, 9.17) is 4.74 Å². The van der Waals surface area contributed by atoms with Crippen LogP contribution in [0.5, 0.6) is 0 Å². The van der Waals surface area contributed by atoms with Gasteiger partial charge in [0.1, 0.15) is 17.9 Å². The lowest BCUT2D eigenvalue weighted by Gasteiger charge is -2.35. The highest BCUT2D eigenvalue weighted by molar-refractivity contribution is 7.88. The van der Waals surface area contributed by atoms with E-state index in [2.05, 4.69) is 5.32 Å². The van der Waals surface area contributed by atoms with Gasteiger partial charge >= 0.3 is 6.09 Å². The number of carbonyl (C=O) groups excluding carboxylic acids is 3. The number of carbonyl (C=O) groups is 3. The van der Waals surface area contributed by atoms with Crippen LogP contribution in [0.3, 0.4) is 0 Å². The van der Waals surface area contributed by atoms with Gasteiger partial charge in [-0.3, -0.25) is 4.79 Å². The summed E-state index contributed by atoms with van der Waals surface area (Å²) in [4.78, 5) is 39.6. The lowest BCUT2D eigenvalue weighted by molar-refractivity contribution is -0.137. The largest absolute Gasteiger partial charge is 0.444 e. The van der Waals surface area contributed by atoms with Crippen LogP contribution in [-0.2, 0) is 24.3 Å². The number of likely N-dealkylation sites (tertiary alicyclic amines) is 1. The van der Waals surface area contributed by atoms with Crippen molar-refractivity contribution in [3.8, 4) is 0 Å². The lowest BCUT2D eigenvalue weighted by atomic mass is 9.83. The van der Waals surface area contributed by atoms with Gasteiger partial charge in [-0.1, -0.05) is 19.3 Å². The van der Waals surface area contributed by atoms with Gasteiger partial charge < -0.3 is 19.7 Å². The summed E-state index contributed by atoms with van der Waals surface area (Å²) in [7, 11) is -3.48. The van der Waals surface area contributed by atoms with Gasteiger partial charge in [-0.05, 0) is 46.0 Å². The summed E-state index contributed by atoms with van der Waals surface area (Å²) in [6.45, 7) is 5.75. The van der Waals surface area contributed by atoms with Gasteiger partial charge in [0.05, 0.1) is 18.2 Å². The number of hydrogen-bond acceptors (Lipinski definition) is 6. The maximum absolute atomic E-state index is 13.7. The molecule has 176 valence electrons. The fraction of sp³-hybridized carbons (Fsp3) is 0.857. The molecule has 0 spiro atoms. The van der Waals surface area contributed by atoms with Gasteiger partial charge in [-0.15, -0.1) is 0 Å². The van der Waals surface area contributed by atoms with E-state index in [1.807, 2.05) is 0 Å². The van der Waals surface area contributed by atoms with Crippen molar-refractivity contribution in [2.75, 3.05) is 19.3 Å². The molecule has 0 aromatic rings. The number of sulfonamides is 1. The highest BCUT2D eigenvalue weighted by Crippen LogP contribution is 2.38. The normalized spacial score (nSPS) is 28.8. The molecule has 2 aliphatic heterocycles. The van der Waals surface area contributed by atoms with Gasteiger partial charge in [0.15, 0.2) is 0 Å². The minimum absolute atomic E-state index is 0.00471. The molecule has 1 aliphatic carbocycles. The van der Waals surface area contributed by atoms with Gasteiger partial charge in [0.25, 0.3) is 0 Å². The highest BCUT2D eigenvalue weighted by Gasteiger charge is 2.54. The van der Waals surface area contributed by atoms with Gasteiger partial charge in [0.2, 0.25) is 15.9 Å². The van der Waals surface area contributed by atoms with Gasteiger partial charge in [0, 0.05) is 19.1 Å². The van der Waals surface area contributed by atoms with E-state index >= 15 is 0 Å². The fourth-order valence-electron chi connectivity index (χ4n) is 5.30. The Kier molecular flexibility index (Phi) is 7.00. The summed E-state index contributed by atoms with van der Waals surface area (Å²) < 4.78 is 31.2. The first-order valence-electron chi connectivity index (χ1n) is 11.1. The molecule has 4 atom stereocenters. The van der Waals surface area contributed by atoms with Crippen molar-refractivity contribution in [2.45, 2.75) is 83.0 Å². The molecule has 0 aromatic carbocycles. The molecule has 9 nitrogen and oxygen atoms in total. The molecule has 1 saturated carbocycles. The van der Waals surface area contributed by atoms with Crippen molar-refractivity contribution in [1.82, 2.24) is 14.5 Å². The highest BCUT2D eigenvalue weighted by atomic mass is 32.2. The topological polar surface area (TPSA) is 113 Å². The molecule has 31 heavy (non-hydrogen) atoms. The molecule has 2 amide bonds. The SMILES string of the molecule is CC(C)(C)OC(=O)N[C@H](C(=O)N1CC[C@@H]2[C@H]1[C@@H](C=O)CN2S(C)(=O)=O)C1CCCCC1. The molecule has 3 aliphatic rings. The van der Waals surface area contributed by atoms with Crippen molar-refractivity contribution in [3.05, 3.63) is 0 Å². The summed E-state index contributed by atoms with van der Waals surface area (Å²) in [6, 6.07) is -1.64. The third-order valence-corrected chi connectivity index (χ3v) is 7.83. The number of fused-ring (bicyclic) bond motifs is 1. The maximum atomic E-state index is 13.7. The molecule has 3 fully saturated rings. The Hall–Kier alpha value is -1.68. The molecule has 10 heteroatoms. The Morgan fingerprint density at radius 3 is 2.32 bits per heavy atom. The van der Waals surface area contributed by atoms with E-state index in [1.165, 1.54) is 4.31 Å². The Labute approximate surface area is 184 Å². The lowest BCUT2D eigenvalue weighted by Crippen LogP contribution is -2.56. The minimum atomic E-state index is -3.48. The zero-order chi connectivity index (χ0) is 23.0. The average Bonchev–Trinajstić information content (AvgIpc) is 3.24. The molecule has 2 heterocycles. The number of nitrogens with one attached hydrogen (secondary N) is 1. The third kappa shape index (κ3) is 5.39. The predicted octanol–water partition coefficient (Wildman–Crippen LogP) is 1.52. The van der Waals surface area contributed by atoms with E-state index in [-0.39, 0.29) is 18.4 Å². The molecule has 3 rings (SSSR count). The maximum Gasteiger partial charge on any atom is 0.408 e. The number of aldehydes is 1. The first-order valence-corrected chi connectivity index (χ1v) is 13.0. The zero-order valence-corrected chi connectivity index (χ0v) is 19.7. The zero-order valence-electron chi connectivity index (χ0n) is 18.9. The second kappa shape index (κ2) is 9.05. The van der Waals surface area contributed by atoms with E-state index in [0.717, 1.165) is 44.6 Å². The Morgan fingerprint density at radius 2 is 1.77 bits per heavy atom. The summed E-state index contributed by atoms with van der Waals surface area (Å²) in [5, 5.41) is 2.80. The quantitative estimate of drug-likeness (QED) is 0.626. The molecular weight excluding hydrogens is 422 g/mol. The Morgan fingerprint density at radius 1 is 1.13 bits per heavy atom. The first kappa shape index (κ1) is 24.0. The number of alkyl carbamates (subject to hydrolysis) is 1. The van der Waals surface area contributed by atoms with Crippen LogP contribution < -0.4 is 5.32 Å². The van der Waals surface area contributed by atoms with Gasteiger partial charge in [-0.25, -0.2) is 13.2 Å². The molecule has 0 radical (unpaired) electrons. The molecule has 0 aromatic heterocycles. The van der Waals surface area contributed by atoms with E-state index in [1.54, 1.807) is 25.7 Å². The Bertz CT molecular complexity index is 802. The van der Waals surface area contributed by atoms with Crippen molar-refractivity contribution in [1.29, 1.82) is 0 Å². The van der Waals surface area contributed by atoms with Crippen LogP contribution in [0, 0.1) is 11.8 Å². The Balaban J connectivity index is 1.83. The number of hydrogen-bond donors (Lipinski definition) is 1. The number of ether oxygens (including phenoxy) is 1. The van der Waals surface area contributed by atoms with Crippen LogP contribution >= 0.6 is 0 Å². The van der Waals surface area contributed by atoms with Crippen LogP contribution in [0.4, 0.5) is 4.79 Å². The summed E-state index contributed by atoms with van der Waals surface area (Å²) in [5.74, 6) is -0.818. The second-order valence-corrected chi connectivity index (χ2v) is 12.0. The van der Waals surface area contributed by atoms with E-state index in [0.29, 0.717) is 13.0 Å². The molecular formula is C21H35N3O6S. The minimum Gasteiger partial charge on any atom is -0.444 e. The molecule has 0 bridgehead atoms. The monoisotopic (exact) mass is 457 g/mol. The summed E-state index contributed by atoms with van der Waals surface area (Å²) in [5.41, 5.74) is -0.687. The third-order valence-electron chi connectivity index (χ3n) is 6.56. The molecule has 0 unspecified atom stereocenters. The van der Waals surface area contributed by atoms with Crippen molar-refractivity contribution >= 4 is 28.3 Å². The van der Waals surface area contributed by atoms with Crippen LogP contribution in [0.15, 0.2) is 0 Å². The van der Waals surface area contributed by atoms with Crippen LogP contribution in [0.25, 0.3) is 0 Å². The van der Waals surface area contributed by atoms with Crippen LogP contribution in [-0.4, -0.2) is 79.0 Å². The van der Waals surface area contributed by atoms with E-state index < -0.39 is 45.8 Å². The number of amides is 2. The van der Waals surface area contributed by atoms with Crippen molar-refractivity contribution in [3.63, 3.8) is 0 Å². The van der Waals surface area contributed by atoms with Crippen molar-refractivity contribution in [2.24, 2.45) is 11.8 Å².